The molecule has 0 unspecified atom stereocenters. The minimum absolute atomic E-state index is 0.242. The lowest BCUT2D eigenvalue weighted by Crippen LogP contribution is -2.29. The molecule has 1 amide bonds. The van der Waals surface area contributed by atoms with E-state index in [1.807, 2.05) is 0 Å². The van der Waals surface area contributed by atoms with Crippen LogP contribution in [-0.4, -0.2) is 43.1 Å². The van der Waals surface area contributed by atoms with Crippen molar-refractivity contribution in [2.45, 2.75) is 6.54 Å². The fourth-order valence-electron chi connectivity index (χ4n) is 3.17. The number of carbonyl (C=O) groups excluding carboxylic acids is 1. The lowest BCUT2D eigenvalue weighted by molar-refractivity contribution is -0.117. The molecule has 0 aliphatic carbocycles. The summed E-state index contributed by atoms with van der Waals surface area (Å²) in [7, 11) is 3.09. The van der Waals surface area contributed by atoms with Gasteiger partial charge in [0.15, 0.2) is 23.0 Å². The second kappa shape index (κ2) is 8.78. The van der Waals surface area contributed by atoms with E-state index in [9.17, 15) is 9.59 Å². The van der Waals surface area contributed by atoms with Crippen LogP contribution in [0.3, 0.4) is 0 Å². The third-order valence-corrected chi connectivity index (χ3v) is 4.67. The highest BCUT2D eigenvalue weighted by Crippen LogP contribution is 2.33. The van der Waals surface area contributed by atoms with Crippen LogP contribution < -0.4 is 29.8 Å². The molecule has 2 aromatic carbocycles. The van der Waals surface area contributed by atoms with Crippen LogP contribution in [0.25, 0.3) is 11.3 Å². The van der Waals surface area contributed by atoms with Gasteiger partial charge in [0.25, 0.3) is 5.56 Å². The van der Waals surface area contributed by atoms with E-state index in [1.54, 1.807) is 49.6 Å². The molecule has 31 heavy (non-hydrogen) atoms. The maximum absolute atomic E-state index is 12.5. The standard InChI is InChI=1S/C22H21N3O6/c1-28-17-6-3-14(11-19(17)29-2)16-5-8-22(27)25(24-16)13-21(26)23-15-4-7-18-20(12-15)31-10-9-30-18/h3-8,11-12H,9-10,13H2,1-2H3,(H,23,26). The molecular weight excluding hydrogens is 402 g/mol. The first-order valence-corrected chi connectivity index (χ1v) is 9.57. The summed E-state index contributed by atoms with van der Waals surface area (Å²) in [4.78, 5) is 24.8. The van der Waals surface area contributed by atoms with Crippen LogP contribution in [0, 0.1) is 0 Å². The number of hydrogen-bond donors (Lipinski definition) is 1. The molecule has 1 aromatic heterocycles. The molecule has 0 spiro atoms. The number of rotatable bonds is 6. The molecule has 4 rings (SSSR count). The van der Waals surface area contributed by atoms with E-state index < -0.39 is 5.91 Å². The zero-order chi connectivity index (χ0) is 21.8. The fourth-order valence-corrected chi connectivity index (χ4v) is 3.17. The Morgan fingerprint density at radius 3 is 2.55 bits per heavy atom. The van der Waals surface area contributed by atoms with Crippen molar-refractivity contribution in [1.82, 2.24) is 9.78 Å². The number of anilines is 1. The van der Waals surface area contributed by atoms with E-state index in [-0.39, 0.29) is 12.1 Å². The zero-order valence-corrected chi connectivity index (χ0v) is 17.1. The molecule has 1 aliphatic heterocycles. The average molecular weight is 423 g/mol. The number of nitrogens with zero attached hydrogens (tertiary/aromatic N) is 2. The number of aromatic nitrogens is 2. The molecule has 0 radical (unpaired) electrons. The largest absolute Gasteiger partial charge is 0.493 e. The van der Waals surface area contributed by atoms with Crippen LogP contribution in [0.15, 0.2) is 53.3 Å². The predicted molar refractivity (Wildman–Crippen MR) is 113 cm³/mol. The Morgan fingerprint density at radius 2 is 1.77 bits per heavy atom. The maximum Gasteiger partial charge on any atom is 0.267 e. The molecule has 1 aliphatic rings. The van der Waals surface area contributed by atoms with Crippen molar-refractivity contribution in [2.75, 3.05) is 32.8 Å². The minimum Gasteiger partial charge on any atom is -0.493 e. The van der Waals surface area contributed by atoms with E-state index in [4.69, 9.17) is 18.9 Å². The number of ether oxygens (including phenoxy) is 4. The Bertz CT molecular complexity index is 1170. The molecule has 3 aromatic rings. The number of carbonyl (C=O) groups is 1. The molecule has 0 fully saturated rings. The summed E-state index contributed by atoms with van der Waals surface area (Å²) in [6.45, 7) is 0.699. The summed E-state index contributed by atoms with van der Waals surface area (Å²) < 4.78 is 22.7. The Labute approximate surface area is 178 Å². The molecule has 0 bridgehead atoms. The van der Waals surface area contributed by atoms with Crippen LogP contribution >= 0.6 is 0 Å². The van der Waals surface area contributed by atoms with Crippen molar-refractivity contribution in [3.63, 3.8) is 0 Å². The van der Waals surface area contributed by atoms with Gasteiger partial charge in [-0.05, 0) is 36.4 Å². The van der Waals surface area contributed by atoms with Crippen molar-refractivity contribution < 1.29 is 23.7 Å². The fraction of sp³-hybridized carbons (Fsp3) is 0.227. The van der Waals surface area contributed by atoms with E-state index in [0.717, 1.165) is 10.2 Å². The Balaban J connectivity index is 1.52. The van der Waals surface area contributed by atoms with Gasteiger partial charge in [-0.3, -0.25) is 9.59 Å². The van der Waals surface area contributed by atoms with Crippen molar-refractivity contribution in [3.05, 3.63) is 58.9 Å². The van der Waals surface area contributed by atoms with Crippen LogP contribution in [0.5, 0.6) is 23.0 Å². The van der Waals surface area contributed by atoms with Gasteiger partial charge >= 0.3 is 0 Å². The molecule has 0 atom stereocenters. The number of fused-ring (bicyclic) bond motifs is 1. The lowest BCUT2D eigenvalue weighted by atomic mass is 10.1. The van der Waals surface area contributed by atoms with E-state index in [0.29, 0.717) is 47.6 Å². The normalized spacial score (nSPS) is 12.2. The van der Waals surface area contributed by atoms with Gasteiger partial charge in [-0.1, -0.05) is 0 Å². The molecule has 2 heterocycles. The summed E-state index contributed by atoms with van der Waals surface area (Å²) in [6, 6.07) is 13.4. The first kappa shape index (κ1) is 20.3. The monoisotopic (exact) mass is 423 g/mol. The number of nitrogens with one attached hydrogen (secondary N) is 1. The van der Waals surface area contributed by atoms with Crippen molar-refractivity contribution >= 4 is 11.6 Å². The quantitative estimate of drug-likeness (QED) is 0.649. The number of methoxy groups -OCH3 is 2. The van der Waals surface area contributed by atoms with Crippen molar-refractivity contribution in [1.29, 1.82) is 0 Å². The van der Waals surface area contributed by atoms with Gasteiger partial charge in [0.2, 0.25) is 5.91 Å². The van der Waals surface area contributed by atoms with E-state index in [2.05, 4.69) is 10.4 Å². The van der Waals surface area contributed by atoms with E-state index in [1.165, 1.54) is 13.2 Å². The van der Waals surface area contributed by atoms with Gasteiger partial charge in [-0.2, -0.15) is 5.10 Å². The Kier molecular flexibility index (Phi) is 5.74. The minimum atomic E-state index is -0.393. The summed E-state index contributed by atoms with van der Waals surface area (Å²) in [5.41, 5.74) is 1.39. The topological polar surface area (TPSA) is 101 Å². The van der Waals surface area contributed by atoms with Gasteiger partial charge in [-0.15, -0.1) is 0 Å². The van der Waals surface area contributed by atoms with Gasteiger partial charge in [0.05, 0.1) is 19.9 Å². The van der Waals surface area contributed by atoms with Crippen LogP contribution in [-0.2, 0) is 11.3 Å². The van der Waals surface area contributed by atoms with Gasteiger partial charge < -0.3 is 24.3 Å². The molecule has 160 valence electrons. The molecule has 0 saturated carbocycles. The summed E-state index contributed by atoms with van der Waals surface area (Å²) in [6.07, 6.45) is 0. The number of benzene rings is 2. The van der Waals surface area contributed by atoms with Gasteiger partial charge in [0.1, 0.15) is 19.8 Å². The van der Waals surface area contributed by atoms with Crippen molar-refractivity contribution in [3.8, 4) is 34.3 Å². The van der Waals surface area contributed by atoms with Crippen LogP contribution in [0.4, 0.5) is 5.69 Å². The lowest BCUT2D eigenvalue weighted by Gasteiger charge is -2.19. The Hall–Kier alpha value is -4.01. The zero-order valence-electron chi connectivity index (χ0n) is 17.1. The van der Waals surface area contributed by atoms with Crippen molar-refractivity contribution in [2.24, 2.45) is 0 Å². The molecule has 0 saturated heterocycles. The number of amides is 1. The highest BCUT2D eigenvalue weighted by molar-refractivity contribution is 5.90. The highest BCUT2D eigenvalue weighted by Gasteiger charge is 2.14. The summed E-state index contributed by atoms with van der Waals surface area (Å²) in [5, 5.41) is 7.08. The molecule has 9 heteroatoms. The SMILES string of the molecule is COc1ccc(-c2ccc(=O)n(CC(=O)Nc3ccc4c(c3)OCCO4)n2)cc1OC. The third-order valence-electron chi connectivity index (χ3n) is 4.67. The van der Waals surface area contributed by atoms with Crippen LogP contribution in [0.1, 0.15) is 0 Å². The second-order valence-corrected chi connectivity index (χ2v) is 6.69. The summed E-state index contributed by atoms with van der Waals surface area (Å²) >= 11 is 0. The van der Waals surface area contributed by atoms with E-state index >= 15 is 0 Å². The summed E-state index contributed by atoms with van der Waals surface area (Å²) in [5.74, 6) is 1.92. The average Bonchev–Trinajstić information content (AvgIpc) is 2.80. The molecule has 9 nitrogen and oxygen atoms in total. The smallest absolute Gasteiger partial charge is 0.267 e. The first-order chi connectivity index (χ1) is 15.1. The maximum atomic E-state index is 12.5. The van der Waals surface area contributed by atoms with Gasteiger partial charge in [-0.25, -0.2) is 4.68 Å². The second-order valence-electron chi connectivity index (χ2n) is 6.69. The third kappa shape index (κ3) is 4.45. The highest BCUT2D eigenvalue weighted by atomic mass is 16.6. The molecular formula is C22H21N3O6. The Morgan fingerprint density at radius 1 is 1.00 bits per heavy atom. The first-order valence-electron chi connectivity index (χ1n) is 9.57. The molecule has 1 N–H and O–H groups in total. The van der Waals surface area contributed by atoms with Gasteiger partial charge in [0, 0.05) is 23.4 Å². The van der Waals surface area contributed by atoms with Crippen LogP contribution in [0.2, 0.25) is 0 Å². The number of hydrogen-bond acceptors (Lipinski definition) is 7. The predicted octanol–water partition coefficient (Wildman–Crippen LogP) is 2.34.